The molecule has 7 nitrogen and oxygen atoms in total. The molecule has 140 valence electrons. The first kappa shape index (κ1) is 19.9. The van der Waals surface area contributed by atoms with Gasteiger partial charge in [-0.2, -0.15) is 0 Å². The molecule has 9 heteroatoms. The van der Waals surface area contributed by atoms with Crippen LogP contribution in [0, 0.1) is 12.8 Å². The Balaban J connectivity index is 2.28. The van der Waals surface area contributed by atoms with Gasteiger partial charge in [0.15, 0.2) is 0 Å². The number of amides is 1. The Morgan fingerprint density at radius 1 is 1.28 bits per heavy atom. The zero-order valence-electron chi connectivity index (χ0n) is 14.6. The van der Waals surface area contributed by atoms with E-state index in [0.29, 0.717) is 12.1 Å². The number of hydrogen-bond donors (Lipinski definition) is 1. The predicted octanol–water partition coefficient (Wildman–Crippen LogP) is 1.78. The number of aryl methyl sites for hydroxylation is 1. The van der Waals surface area contributed by atoms with E-state index in [9.17, 15) is 21.6 Å². The maximum absolute atomic E-state index is 12.4. The lowest BCUT2D eigenvalue weighted by Gasteiger charge is -2.17. The van der Waals surface area contributed by atoms with E-state index in [4.69, 9.17) is 0 Å². The van der Waals surface area contributed by atoms with Gasteiger partial charge in [-0.05, 0) is 37.1 Å². The van der Waals surface area contributed by atoms with Gasteiger partial charge < -0.3 is 0 Å². The van der Waals surface area contributed by atoms with Crippen molar-refractivity contribution in [2.75, 3.05) is 16.6 Å². The molecule has 1 aromatic carbocycles. The molecular weight excluding hydrogens is 364 g/mol. The summed E-state index contributed by atoms with van der Waals surface area (Å²) < 4.78 is 52.4. The highest BCUT2D eigenvalue weighted by Crippen LogP contribution is 2.30. The first-order valence-corrected chi connectivity index (χ1v) is 11.4. The first-order valence-electron chi connectivity index (χ1n) is 8.27. The molecule has 0 spiro atoms. The van der Waals surface area contributed by atoms with Crippen molar-refractivity contribution in [1.29, 1.82) is 0 Å². The topological polar surface area (TPSA) is 101 Å². The van der Waals surface area contributed by atoms with E-state index in [1.54, 1.807) is 13.8 Å². The molecule has 0 bridgehead atoms. The fourth-order valence-electron chi connectivity index (χ4n) is 2.81. The smallest absolute Gasteiger partial charge is 0.244 e. The van der Waals surface area contributed by atoms with Gasteiger partial charge in [0.25, 0.3) is 0 Å². The second-order valence-electron chi connectivity index (χ2n) is 6.34. The van der Waals surface area contributed by atoms with E-state index >= 15 is 0 Å². The van der Waals surface area contributed by atoms with Gasteiger partial charge in [0.1, 0.15) is 0 Å². The highest BCUT2D eigenvalue weighted by atomic mass is 32.2. The molecule has 1 amide bonds. The van der Waals surface area contributed by atoms with Crippen LogP contribution >= 0.6 is 0 Å². The van der Waals surface area contributed by atoms with Crippen LogP contribution in [0.5, 0.6) is 0 Å². The minimum absolute atomic E-state index is 0.0878. The predicted molar refractivity (Wildman–Crippen MR) is 96.3 cm³/mol. The van der Waals surface area contributed by atoms with E-state index in [2.05, 4.69) is 4.72 Å². The molecule has 1 fully saturated rings. The fourth-order valence-corrected chi connectivity index (χ4v) is 5.92. The molecule has 0 radical (unpaired) electrons. The highest BCUT2D eigenvalue weighted by Gasteiger charge is 2.42. The Labute approximate surface area is 149 Å². The Hall–Kier alpha value is -1.45. The fraction of sp³-hybridized carbons (Fsp3) is 0.562. The van der Waals surface area contributed by atoms with Crippen LogP contribution in [0.3, 0.4) is 0 Å². The monoisotopic (exact) mass is 388 g/mol. The first-order chi connectivity index (χ1) is 11.6. The Bertz CT molecular complexity index is 863. The van der Waals surface area contributed by atoms with E-state index in [0.717, 1.165) is 23.6 Å². The molecular formula is C16H24N2O5S2. The lowest BCUT2D eigenvalue weighted by molar-refractivity contribution is -0.119. The van der Waals surface area contributed by atoms with Crippen LogP contribution in [0.15, 0.2) is 23.1 Å². The summed E-state index contributed by atoms with van der Waals surface area (Å²) in [6.45, 7) is 5.53. The van der Waals surface area contributed by atoms with Gasteiger partial charge in [-0.15, -0.1) is 0 Å². The highest BCUT2D eigenvalue weighted by molar-refractivity contribution is 7.94. The van der Waals surface area contributed by atoms with Crippen molar-refractivity contribution >= 4 is 31.6 Å². The number of anilines is 1. The maximum atomic E-state index is 12.4. The summed E-state index contributed by atoms with van der Waals surface area (Å²) in [5, 5.41) is 0. The molecule has 1 N–H and O–H groups in total. The summed E-state index contributed by atoms with van der Waals surface area (Å²) in [6, 6.07) is 4.13. The van der Waals surface area contributed by atoms with E-state index < -0.39 is 31.9 Å². The van der Waals surface area contributed by atoms with Crippen LogP contribution in [0.25, 0.3) is 0 Å². The van der Waals surface area contributed by atoms with Gasteiger partial charge in [-0.3, -0.25) is 4.79 Å². The molecule has 1 heterocycles. The zero-order chi connectivity index (χ0) is 18.8. The number of benzene rings is 1. The van der Waals surface area contributed by atoms with E-state index in [1.165, 1.54) is 18.2 Å². The minimum atomic E-state index is -3.71. The number of carbonyl (C=O) groups is 1. The second-order valence-corrected chi connectivity index (χ2v) is 9.93. The van der Waals surface area contributed by atoms with Crippen LogP contribution < -0.4 is 9.03 Å². The Morgan fingerprint density at radius 3 is 2.48 bits per heavy atom. The molecule has 1 atom stereocenters. The zero-order valence-corrected chi connectivity index (χ0v) is 16.3. The number of hydrogen-bond acceptors (Lipinski definition) is 5. The van der Waals surface area contributed by atoms with Crippen LogP contribution in [-0.2, 0) is 24.8 Å². The Morgan fingerprint density at radius 2 is 1.96 bits per heavy atom. The van der Waals surface area contributed by atoms with Gasteiger partial charge in [-0.25, -0.2) is 25.9 Å². The number of unbranched alkanes of at least 4 members (excludes halogenated alkanes) is 2. The van der Waals surface area contributed by atoms with Crippen molar-refractivity contribution in [3.63, 3.8) is 0 Å². The average Bonchev–Trinajstić information content (AvgIpc) is 2.71. The third-order valence-electron chi connectivity index (χ3n) is 4.12. The Kier molecular flexibility index (Phi) is 5.90. The SMILES string of the molecule is CCCCCNS(=O)(=O)c1ccc(N2C(=O)C(C)CS2(=O)=O)cc1C. The molecule has 25 heavy (non-hydrogen) atoms. The van der Waals surface area contributed by atoms with Crippen molar-refractivity contribution in [2.24, 2.45) is 5.92 Å². The standard InChI is InChI=1S/C16H24N2O5S2/c1-4-5-6-9-17-25(22,23)15-8-7-14(10-12(15)2)18-16(19)13(3)11-24(18,20)21/h7-8,10,13,17H,4-6,9,11H2,1-3H3. The maximum Gasteiger partial charge on any atom is 0.244 e. The van der Waals surface area contributed by atoms with Crippen molar-refractivity contribution in [3.8, 4) is 0 Å². The number of rotatable bonds is 7. The minimum Gasteiger partial charge on any atom is -0.273 e. The van der Waals surface area contributed by atoms with Gasteiger partial charge in [0.05, 0.1) is 22.3 Å². The molecule has 1 aromatic rings. The molecule has 0 saturated carbocycles. The third kappa shape index (κ3) is 4.21. The molecule has 1 saturated heterocycles. The molecule has 2 rings (SSSR count). The molecule has 1 aliphatic rings. The van der Waals surface area contributed by atoms with Gasteiger partial charge in [0, 0.05) is 6.54 Å². The number of nitrogens with zero attached hydrogens (tertiary/aromatic N) is 1. The summed E-state index contributed by atoms with van der Waals surface area (Å²) >= 11 is 0. The lowest BCUT2D eigenvalue weighted by Crippen LogP contribution is -2.30. The largest absolute Gasteiger partial charge is 0.273 e. The van der Waals surface area contributed by atoms with Gasteiger partial charge in [0.2, 0.25) is 26.0 Å². The third-order valence-corrected chi connectivity index (χ3v) is 7.61. The van der Waals surface area contributed by atoms with Gasteiger partial charge >= 0.3 is 0 Å². The molecule has 0 aliphatic carbocycles. The lowest BCUT2D eigenvalue weighted by atomic mass is 10.2. The van der Waals surface area contributed by atoms with E-state index in [-0.39, 0.29) is 16.3 Å². The summed E-state index contributed by atoms with van der Waals surface area (Å²) in [5.41, 5.74) is 0.569. The average molecular weight is 389 g/mol. The molecule has 1 unspecified atom stereocenters. The summed E-state index contributed by atoms with van der Waals surface area (Å²) in [5.74, 6) is -1.33. The van der Waals surface area contributed by atoms with Crippen LogP contribution in [0.2, 0.25) is 0 Å². The van der Waals surface area contributed by atoms with E-state index in [1.807, 2.05) is 6.92 Å². The van der Waals surface area contributed by atoms with Crippen LogP contribution in [-0.4, -0.2) is 35.0 Å². The number of nitrogens with one attached hydrogen (secondary N) is 1. The van der Waals surface area contributed by atoms with Crippen molar-refractivity contribution < 1.29 is 21.6 Å². The van der Waals surface area contributed by atoms with Crippen LogP contribution in [0.4, 0.5) is 5.69 Å². The number of sulfonamides is 2. The quantitative estimate of drug-likeness (QED) is 0.718. The van der Waals surface area contributed by atoms with Gasteiger partial charge in [-0.1, -0.05) is 26.7 Å². The molecule has 0 aromatic heterocycles. The number of carbonyl (C=O) groups excluding carboxylic acids is 1. The second kappa shape index (κ2) is 7.43. The summed E-state index contributed by atoms with van der Waals surface area (Å²) in [4.78, 5) is 12.2. The normalized spacial score (nSPS) is 20.2. The summed E-state index contributed by atoms with van der Waals surface area (Å²) in [6.07, 6.45) is 2.69. The van der Waals surface area contributed by atoms with Crippen molar-refractivity contribution in [2.45, 2.75) is 44.9 Å². The van der Waals surface area contributed by atoms with Crippen LogP contribution in [0.1, 0.15) is 38.7 Å². The van der Waals surface area contributed by atoms with Crippen molar-refractivity contribution in [1.82, 2.24) is 4.72 Å². The summed E-state index contributed by atoms with van der Waals surface area (Å²) in [7, 11) is -7.37. The van der Waals surface area contributed by atoms with Crippen molar-refractivity contribution in [3.05, 3.63) is 23.8 Å². The molecule has 1 aliphatic heterocycles.